The van der Waals surface area contributed by atoms with Crippen LogP contribution in [-0.2, 0) is 33.7 Å². The number of fused-ring (bicyclic) bond motifs is 1. The fraction of sp³-hybridized carbons (Fsp3) is 0.259. The number of carbonyl (C=O) groups is 2. The zero-order chi connectivity index (χ0) is 25.9. The van der Waals surface area contributed by atoms with Gasteiger partial charge in [-0.05, 0) is 43.0 Å². The highest BCUT2D eigenvalue weighted by atomic mass is 32.1. The van der Waals surface area contributed by atoms with Gasteiger partial charge in [-0.1, -0.05) is 31.4 Å². The maximum absolute atomic E-state index is 12.6. The molecule has 8 nitrogen and oxygen atoms in total. The Morgan fingerprint density at radius 1 is 1.39 bits per heavy atom. The van der Waals surface area contributed by atoms with Gasteiger partial charge in [0.2, 0.25) is 5.91 Å². The summed E-state index contributed by atoms with van der Waals surface area (Å²) >= 11 is 1.33. The molecule has 0 aliphatic heterocycles. The van der Waals surface area contributed by atoms with E-state index in [1.54, 1.807) is 36.7 Å². The van der Waals surface area contributed by atoms with Gasteiger partial charge in [0.05, 0.1) is 12.2 Å². The molecule has 0 saturated heterocycles. The SMILES string of the molecule is C=C/C=C(/C=C/C(=O)Nc1sc2c(c1C#N)CCC(OC(=O)NCc1cccnc1)C2)C(=C)OCC. The van der Waals surface area contributed by atoms with Gasteiger partial charge in [-0.3, -0.25) is 9.78 Å². The highest BCUT2D eigenvalue weighted by molar-refractivity contribution is 7.16. The molecule has 0 spiro atoms. The van der Waals surface area contributed by atoms with Crippen LogP contribution in [0.4, 0.5) is 9.80 Å². The van der Waals surface area contributed by atoms with E-state index < -0.39 is 6.09 Å². The quantitative estimate of drug-likeness (QED) is 0.269. The summed E-state index contributed by atoms with van der Waals surface area (Å²) in [7, 11) is 0. The van der Waals surface area contributed by atoms with Gasteiger partial charge >= 0.3 is 6.09 Å². The molecule has 0 aromatic carbocycles. The van der Waals surface area contributed by atoms with Crippen molar-refractivity contribution in [2.45, 2.75) is 38.8 Å². The van der Waals surface area contributed by atoms with E-state index in [-0.39, 0.29) is 12.0 Å². The van der Waals surface area contributed by atoms with Gasteiger partial charge in [0.15, 0.2) is 0 Å². The number of aromatic nitrogens is 1. The van der Waals surface area contributed by atoms with Crippen LogP contribution in [0, 0.1) is 11.3 Å². The van der Waals surface area contributed by atoms with Gasteiger partial charge in [-0.15, -0.1) is 11.3 Å². The molecule has 1 aliphatic carbocycles. The maximum Gasteiger partial charge on any atom is 0.407 e. The van der Waals surface area contributed by atoms with Gasteiger partial charge < -0.3 is 20.1 Å². The summed E-state index contributed by atoms with van der Waals surface area (Å²) in [6, 6.07) is 5.88. The first-order chi connectivity index (χ1) is 17.4. The van der Waals surface area contributed by atoms with E-state index >= 15 is 0 Å². The van der Waals surface area contributed by atoms with E-state index in [0.717, 1.165) is 16.0 Å². The topological polar surface area (TPSA) is 113 Å². The molecule has 0 saturated carbocycles. The van der Waals surface area contributed by atoms with E-state index in [4.69, 9.17) is 9.47 Å². The van der Waals surface area contributed by atoms with E-state index in [2.05, 4.69) is 34.8 Å². The monoisotopic (exact) mass is 504 g/mol. The molecule has 1 unspecified atom stereocenters. The van der Waals surface area contributed by atoms with Gasteiger partial charge in [-0.25, -0.2) is 4.79 Å². The Morgan fingerprint density at radius 3 is 2.92 bits per heavy atom. The van der Waals surface area contributed by atoms with E-state index in [9.17, 15) is 14.9 Å². The fourth-order valence-corrected chi connectivity index (χ4v) is 4.94. The lowest BCUT2D eigenvalue weighted by molar-refractivity contribution is -0.111. The van der Waals surface area contributed by atoms with E-state index in [1.165, 1.54) is 17.4 Å². The second-order valence-corrected chi connectivity index (χ2v) is 8.95. The molecule has 186 valence electrons. The summed E-state index contributed by atoms with van der Waals surface area (Å²) in [4.78, 5) is 29.8. The minimum atomic E-state index is -0.500. The van der Waals surface area contributed by atoms with Crippen LogP contribution in [0.2, 0.25) is 0 Å². The van der Waals surface area contributed by atoms with Gasteiger partial charge in [0.25, 0.3) is 0 Å². The summed E-state index contributed by atoms with van der Waals surface area (Å²) < 4.78 is 11.0. The number of anilines is 1. The number of pyridine rings is 1. The van der Waals surface area contributed by atoms with Crippen molar-refractivity contribution in [1.82, 2.24) is 10.3 Å². The normalized spacial score (nSPS) is 14.9. The molecule has 2 N–H and O–H groups in total. The molecule has 1 atom stereocenters. The lowest BCUT2D eigenvalue weighted by atomic mass is 9.94. The van der Waals surface area contributed by atoms with Crippen LogP contribution in [0.1, 0.15) is 34.9 Å². The number of nitrogens with zero attached hydrogens (tertiary/aromatic N) is 2. The Bertz CT molecular complexity index is 1220. The summed E-state index contributed by atoms with van der Waals surface area (Å²) in [5.74, 6) is 0.0493. The third-order valence-electron chi connectivity index (χ3n) is 5.35. The van der Waals surface area contributed by atoms with Gasteiger partial charge in [-0.2, -0.15) is 5.26 Å². The Morgan fingerprint density at radius 2 is 2.22 bits per heavy atom. The van der Waals surface area contributed by atoms with Crippen molar-refractivity contribution in [1.29, 1.82) is 5.26 Å². The molecule has 0 fully saturated rings. The number of allylic oxidation sites excluding steroid dienone is 3. The zero-order valence-corrected chi connectivity index (χ0v) is 20.9. The molecule has 36 heavy (non-hydrogen) atoms. The molecule has 2 amide bonds. The average molecular weight is 505 g/mol. The van der Waals surface area contributed by atoms with Crippen LogP contribution < -0.4 is 10.6 Å². The van der Waals surface area contributed by atoms with Crippen LogP contribution in [0.25, 0.3) is 0 Å². The Hall–Kier alpha value is -4.16. The smallest absolute Gasteiger partial charge is 0.407 e. The molecule has 0 bridgehead atoms. The first-order valence-electron chi connectivity index (χ1n) is 11.5. The Balaban J connectivity index is 1.62. The molecule has 2 aromatic rings. The average Bonchev–Trinajstić information content (AvgIpc) is 3.21. The zero-order valence-electron chi connectivity index (χ0n) is 20.1. The summed E-state index contributed by atoms with van der Waals surface area (Å²) in [6.45, 7) is 10.1. The number of thiophene rings is 1. The van der Waals surface area contributed by atoms with Gasteiger partial charge in [0.1, 0.15) is 22.9 Å². The minimum absolute atomic E-state index is 0.309. The minimum Gasteiger partial charge on any atom is -0.494 e. The predicted molar refractivity (Wildman–Crippen MR) is 139 cm³/mol. The van der Waals surface area contributed by atoms with Gasteiger partial charge in [0, 0.05) is 41.9 Å². The van der Waals surface area contributed by atoms with Crippen molar-refractivity contribution in [2.75, 3.05) is 11.9 Å². The third-order valence-corrected chi connectivity index (χ3v) is 6.52. The highest BCUT2D eigenvalue weighted by Gasteiger charge is 2.28. The van der Waals surface area contributed by atoms with Crippen molar-refractivity contribution in [3.63, 3.8) is 0 Å². The molecule has 0 radical (unpaired) electrons. The Labute approximate surface area is 214 Å². The Kier molecular flexibility index (Phi) is 9.60. The second-order valence-electron chi connectivity index (χ2n) is 7.84. The van der Waals surface area contributed by atoms with Crippen LogP contribution >= 0.6 is 11.3 Å². The third kappa shape index (κ3) is 7.17. The maximum atomic E-state index is 12.6. The number of ether oxygens (including phenoxy) is 2. The van der Waals surface area contributed by atoms with E-state index in [1.807, 2.05) is 13.0 Å². The largest absolute Gasteiger partial charge is 0.494 e. The van der Waals surface area contributed by atoms with Crippen molar-refractivity contribution >= 4 is 28.3 Å². The van der Waals surface area contributed by atoms with Crippen molar-refractivity contribution in [3.8, 4) is 6.07 Å². The number of rotatable bonds is 10. The number of nitriles is 1. The summed E-state index contributed by atoms with van der Waals surface area (Å²) in [5.41, 5.74) is 2.85. The highest BCUT2D eigenvalue weighted by Crippen LogP contribution is 2.38. The standard InChI is InChI=1S/C27H28N4O4S/c1-4-7-20(18(3)34-5-2)9-12-25(32)31-26-23(15-28)22-11-10-21(14-24(22)36-26)35-27(33)30-17-19-8-6-13-29-16-19/h4,6-9,12-13,16,21H,1,3,5,10-11,14,17H2,2H3,(H,30,33)(H,31,32)/b12-9+,20-7-. The van der Waals surface area contributed by atoms with Crippen LogP contribution in [0.15, 0.2) is 73.3 Å². The molecule has 3 rings (SSSR count). The van der Waals surface area contributed by atoms with Crippen molar-refractivity contribution in [2.24, 2.45) is 0 Å². The van der Waals surface area contributed by atoms with Crippen LogP contribution in [-0.4, -0.2) is 29.7 Å². The number of amides is 2. The lowest BCUT2D eigenvalue weighted by Gasteiger charge is -2.22. The first kappa shape index (κ1) is 26.4. The molecule has 2 aromatic heterocycles. The lowest BCUT2D eigenvalue weighted by Crippen LogP contribution is -2.31. The van der Waals surface area contributed by atoms with Crippen molar-refractivity contribution < 1.29 is 19.1 Å². The number of nitrogens with one attached hydrogen (secondary N) is 2. The van der Waals surface area contributed by atoms with Crippen LogP contribution in [0.3, 0.4) is 0 Å². The molecule has 9 heteroatoms. The fourth-order valence-electron chi connectivity index (χ4n) is 3.68. The van der Waals surface area contributed by atoms with Crippen molar-refractivity contribution in [3.05, 3.63) is 94.9 Å². The first-order valence-corrected chi connectivity index (χ1v) is 12.3. The predicted octanol–water partition coefficient (Wildman–Crippen LogP) is 4.96. The molecular formula is C27H28N4O4S. The second kappa shape index (κ2) is 13.1. The summed E-state index contributed by atoms with van der Waals surface area (Å²) in [5, 5.41) is 15.7. The summed E-state index contributed by atoms with van der Waals surface area (Å²) in [6.07, 6.45) is 10.4. The molecule has 1 aliphatic rings. The number of alkyl carbamates (subject to hydrolysis) is 1. The van der Waals surface area contributed by atoms with E-state index in [0.29, 0.717) is 54.3 Å². The number of carbonyl (C=O) groups excluding carboxylic acids is 2. The van der Waals surface area contributed by atoms with Crippen LogP contribution in [0.5, 0.6) is 0 Å². The number of hydrogen-bond acceptors (Lipinski definition) is 7. The molecule has 2 heterocycles. The molecular weight excluding hydrogens is 476 g/mol. The number of hydrogen-bond donors (Lipinski definition) is 2.